The normalized spacial score (nSPS) is 39.4. The van der Waals surface area contributed by atoms with Crippen LogP contribution >= 0.6 is 0 Å². The lowest BCUT2D eigenvalue weighted by molar-refractivity contribution is 0.0673. The van der Waals surface area contributed by atoms with Gasteiger partial charge in [-0.25, -0.2) is 0 Å². The Kier molecular flexibility index (Phi) is 3.42. The zero-order chi connectivity index (χ0) is 9.97. The summed E-state index contributed by atoms with van der Waals surface area (Å²) in [6.45, 7) is 2.14. The third-order valence-corrected chi connectivity index (χ3v) is 3.83. The summed E-state index contributed by atoms with van der Waals surface area (Å²) in [4.78, 5) is 2.36. The molecule has 3 nitrogen and oxygen atoms in total. The summed E-state index contributed by atoms with van der Waals surface area (Å²) in [5, 5.41) is 18.8. The molecule has 3 atom stereocenters. The molecular formula is C11H21NO2. The van der Waals surface area contributed by atoms with Crippen LogP contribution < -0.4 is 0 Å². The van der Waals surface area contributed by atoms with Gasteiger partial charge in [0.1, 0.15) is 0 Å². The van der Waals surface area contributed by atoms with E-state index >= 15 is 0 Å². The number of nitrogens with zero attached hydrogens (tertiary/aromatic N) is 1. The van der Waals surface area contributed by atoms with Crippen LogP contribution in [0.4, 0.5) is 0 Å². The van der Waals surface area contributed by atoms with Crippen molar-refractivity contribution in [2.75, 3.05) is 19.7 Å². The van der Waals surface area contributed by atoms with Crippen molar-refractivity contribution in [1.82, 2.24) is 4.90 Å². The van der Waals surface area contributed by atoms with Crippen molar-refractivity contribution in [3.63, 3.8) is 0 Å². The van der Waals surface area contributed by atoms with E-state index in [-0.39, 0.29) is 12.7 Å². The molecule has 0 spiro atoms. The summed E-state index contributed by atoms with van der Waals surface area (Å²) in [5.74, 6) is 0.476. The summed E-state index contributed by atoms with van der Waals surface area (Å²) >= 11 is 0. The van der Waals surface area contributed by atoms with E-state index in [9.17, 15) is 5.11 Å². The summed E-state index contributed by atoms with van der Waals surface area (Å²) < 4.78 is 0. The first-order chi connectivity index (χ1) is 6.83. The molecule has 0 aromatic rings. The van der Waals surface area contributed by atoms with Crippen LogP contribution in [0.15, 0.2) is 0 Å². The van der Waals surface area contributed by atoms with Crippen molar-refractivity contribution >= 4 is 0 Å². The Balaban J connectivity index is 1.94. The van der Waals surface area contributed by atoms with Crippen molar-refractivity contribution in [2.45, 2.75) is 44.2 Å². The van der Waals surface area contributed by atoms with Crippen molar-refractivity contribution in [1.29, 1.82) is 0 Å². The quantitative estimate of drug-likeness (QED) is 0.699. The fourth-order valence-corrected chi connectivity index (χ4v) is 3.16. The van der Waals surface area contributed by atoms with E-state index < -0.39 is 0 Å². The summed E-state index contributed by atoms with van der Waals surface area (Å²) in [5.41, 5.74) is 0. The monoisotopic (exact) mass is 199 g/mol. The van der Waals surface area contributed by atoms with Gasteiger partial charge in [-0.3, -0.25) is 4.90 Å². The summed E-state index contributed by atoms with van der Waals surface area (Å²) in [7, 11) is 0. The van der Waals surface area contributed by atoms with Crippen molar-refractivity contribution in [2.24, 2.45) is 5.92 Å². The van der Waals surface area contributed by atoms with Gasteiger partial charge < -0.3 is 10.2 Å². The third kappa shape index (κ3) is 1.95. The van der Waals surface area contributed by atoms with E-state index in [0.717, 1.165) is 19.5 Å². The molecule has 1 saturated heterocycles. The fourth-order valence-electron chi connectivity index (χ4n) is 3.16. The van der Waals surface area contributed by atoms with Gasteiger partial charge in [-0.1, -0.05) is 6.42 Å². The molecule has 0 amide bonds. The molecule has 1 saturated carbocycles. The molecule has 1 heterocycles. The van der Waals surface area contributed by atoms with Gasteiger partial charge in [-0.05, 0) is 32.2 Å². The Bertz CT molecular complexity index is 186. The number of hydrogen-bond acceptors (Lipinski definition) is 3. The fraction of sp³-hybridized carbons (Fsp3) is 1.00. The highest BCUT2D eigenvalue weighted by Crippen LogP contribution is 2.35. The van der Waals surface area contributed by atoms with Crippen molar-refractivity contribution in [3.8, 4) is 0 Å². The Morgan fingerprint density at radius 2 is 2.00 bits per heavy atom. The second kappa shape index (κ2) is 4.60. The van der Waals surface area contributed by atoms with Gasteiger partial charge in [0.25, 0.3) is 0 Å². The van der Waals surface area contributed by atoms with E-state index in [4.69, 9.17) is 5.11 Å². The van der Waals surface area contributed by atoms with Crippen LogP contribution in [-0.2, 0) is 0 Å². The highest BCUT2D eigenvalue weighted by atomic mass is 16.3. The van der Waals surface area contributed by atoms with E-state index in [2.05, 4.69) is 4.90 Å². The lowest BCUT2D eigenvalue weighted by Gasteiger charge is -2.30. The first-order valence-electron chi connectivity index (χ1n) is 5.86. The van der Waals surface area contributed by atoms with E-state index in [1.807, 2.05) is 0 Å². The average molecular weight is 199 g/mol. The number of hydrogen-bond donors (Lipinski definition) is 2. The van der Waals surface area contributed by atoms with Crippen LogP contribution in [0.1, 0.15) is 32.1 Å². The van der Waals surface area contributed by atoms with Crippen LogP contribution in [0.5, 0.6) is 0 Å². The number of likely N-dealkylation sites (tertiary alicyclic amines) is 1. The predicted molar refractivity (Wildman–Crippen MR) is 55.0 cm³/mol. The maximum atomic E-state index is 9.85. The second-order valence-electron chi connectivity index (χ2n) is 4.63. The lowest BCUT2D eigenvalue weighted by atomic mass is 9.94. The van der Waals surface area contributed by atoms with E-state index in [0.29, 0.717) is 12.0 Å². The maximum Gasteiger partial charge on any atom is 0.0583 e. The Hall–Kier alpha value is -0.120. The molecule has 14 heavy (non-hydrogen) atoms. The molecule has 0 aromatic carbocycles. The molecule has 0 bridgehead atoms. The summed E-state index contributed by atoms with van der Waals surface area (Å²) in [6, 6.07) is 0.541. The molecule has 3 heteroatoms. The largest absolute Gasteiger partial charge is 0.395 e. The molecule has 1 aliphatic heterocycles. The standard InChI is InChI=1S/C11H21NO2/c13-8-7-12-6-2-4-10(12)9-3-1-5-11(9)14/h9-11,13-14H,1-8H2. The van der Waals surface area contributed by atoms with Crippen LogP contribution in [0, 0.1) is 5.92 Å². The zero-order valence-electron chi connectivity index (χ0n) is 8.73. The molecule has 0 radical (unpaired) electrons. The van der Waals surface area contributed by atoms with E-state index in [1.54, 1.807) is 0 Å². The minimum Gasteiger partial charge on any atom is -0.395 e. The average Bonchev–Trinajstić information content (AvgIpc) is 2.74. The minimum absolute atomic E-state index is 0.0840. The molecule has 82 valence electrons. The molecule has 1 aliphatic carbocycles. The smallest absolute Gasteiger partial charge is 0.0583 e. The van der Waals surface area contributed by atoms with Gasteiger partial charge in [0.05, 0.1) is 12.7 Å². The molecular weight excluding hydrogens is 178 g/mol. The molecule has 3 unspecified atom stereocenters. The first kappa shape index (κ1) is 10.4. The lowest BCUT2D eigenvalue weighted by Crippen LogP contribution is -2.40. The van der Waals surface area contributed by atoms with Gasteiger partial charge in [0, 0.05) is 18.5 Å². The number of aliphatic hydroxyl groups excluding tert-OH is 2. The zero-order valence-corrected chi connectivity index (χ0v) is 8.73. The van der Waals surface area contributed by atoms with Gasteiger partial charge in [0.2, 0.25) is 0 Å². The predicted octanol–water partition coefficient (Wildman–Crippen LogP) is 0.604. The SMILES string of the molecule is OCCN1CCCC1C1CCCC1O. The maximum absolute atomic E-state index is 9.85. The number of rotatable bonds is 3. The Morgan fingerprint density at radius 3 is 2.64 bits per heavy atom. The van der Waals surface area contributed by atoms with Crippen molar-refractivity contribution < 1.29 is 10.2 Å². The van der Waals surface area contributed by atoms with Gasteiger partial charge >= 0.3 is 0 Å². The van der Waals surface area contributed by atoms with Crippen LogP contribution in [0.3, 0.4) is 0 Å². The highest BCUT2D eigenvalue weighted by molar-refractivity contribution is 4.91. The van der Waals surface area contributed by atoms with E-state index in [1.165, 1.54) is 25.7 Å². The molecule has 2 aliphatic rings. The first-order valence-corrected chi connectivity index (χ1v) is 5.86. The van der Waals surface area contributed by atoms with Crippen LogP contribution in [-0.4, -0.2) is 47.0 Å². The highest BCUT2D eigenvalue weighted by Gasteiger charge is 2.37. The molecule has 2 rings (SSSR count). The summed E-state index contributed by atoms with van der Waals surface area (Å²) in [6.07, 6.45) is 5.69. The molecule has 2 N–H and O–H groups in total. The number of aliphatic hydroxyl groups is 2. The molecule has 0 aromatic heterocycles. The Morgan fingerprint density at radius 1 is 1.14 bits per heavy atom. The van der Waals surface area contributed by atoms with Crippen LogP contribution in [0.2, 0.25) is 0 Å². The van der Waals surface area contributed by atoms with Gasteiger partial charge in [-0.2, -0.15) is 0 Å². The van der Waals surface area contributed by atoms with Crippen LogP contribution in [0.25, 0.3) is 0 Å². The third-order valence-electron chi connectivity index (χ3n) is 3.83. The number of β-amino-alcohol motifs (C(OH)–C–C–N with tert-alkyl or cyclic N) is 1. The second-order valence-corrected chi connectivity index (χ2v) is 4.63. The van der Waals surface area contributed by atoms with Gasteiger partial charge in [-0.15, -0.1) is 0 Å². The van der Waals surface area contributed by atoms with Gasteiger partial charge in [0.15, 0.2) is 0 Å². The van der Waals surface area contributed by atoms with Crippen molar-refractivity contribution in [3.05, 3.63) is 0 Å². The minimum atomic E-state index is -0.0840. The molecule has 2 fully saturated rings. The Labute approximate surface area is 85.7 Å². The topological polar surface area (TPSA) is 43.7 Å².